The Morgan fingerprint density at radius 1 is 1.12 bits per heavy atom. The predicted octanol–water partition coefficient (Wildman–Crippen LogP) is 7.16. The average molecular weight is 466 g/mol. The lowest BCUT2D eigenvalue weighted by atomic mass is 9.86. The Labute approximate surface area is 204 Å². The van der Waals surface area contributed by atoms with E-state index in [1.54, 1.807) is 0 Å². The lowest BCUT2D eigenvalue weighted by Gasteiger charge is -2.35. The lowest BCUT2D eigenvalue weighted by Crippen LogP contribution is -2.41. The van der Waals surface area contributed by atoms with Gasteiger partial charge in [0.05, 0.1) is 0 Å². The number of hydrogen-bond donors (Lipinski definition) is 0. The molecule has 2 aromatic rings. The zero-order chi connectivity index (χ0) is 23.3. The number of carbonyl (C=O) groups excluding carboxylic acids is 1. The number of rotatable bonds is 13. The number of allylic oxidation sites excluding steroid dienone is 4. The molecule has 3 nitrogen and oxygen atoms in total. The van der Waals surface area contributed by atoms with Crippen molar-refractivity contribution in [3.05, 3.63) is 76.0 Å². The van der Waals surface area contributed by atoms with Gasteiger partial charge in [0.1, 0.15) is 5.75 Å². The fourth-order valence-corrected chi connectivity index (χ4v) is 5.26. The molecule has 0 amide bonds. The molecule has 0 fully saturated rings. The van der Waals surface area contributed by atoms with E-state index in [0.29, 0.717) is 12.5 Å². The van der Waals surface area contributed by atoms with Gasteiger partial charge in [-0.05, 0) is 86.6 Å². The molecule has 1 atom stereocenters. The highest BCUT2D eigenvalue weighted by Gasteiger charge is 2.26. The summed E-state index contributed by atoms with van der Waals surface area (Å²) in [4.78, 5) is 16.5. The third-order valence-corrected chi connectivity index (χ3v) is 7.18. The molecule has 1 aliphatic rings. The molecule has 178 valence electrons. The van der Waals surface area contributed by atoms with Crippen LogP contribution in [0.15, 0.2) is 60.0 Å². The normalized spacial score (nSPS) is 16.0. The van der Waals surface area contributed by atoms with Crippen LogP contribution in [0.2, 0.25) is 0 Å². The highest BCUT2D eigenvalue weighted by molar-refractivity contribution is 7.09. The molecule has 0 bridgehead atoms. The zero-order valence-electron chi connectivity index (χ0n) is 20.3. The number of fused-ring (bicyclic) bond motifs is 1. The van der Waals surface area contributed by atoms with E-state index in [-0.39, 0.29) is 5.97 Å². The van der Waals surface area contributed by atoms with Crippen molar-refractivity contribution in [2.45, 2.75) is 77.7 Å². The van der Waals surface area contributed by atoms with E-state index >= 15 is 0 Å². The second-order valence-corrected chi connectivity index (χ2v) is 9.79. The standard InChI is InChI=1S/C29H39NO2S/c1-3-5-6-7-8-9-10-16-29(31)32-28-15-11-13-24-23-25(17-18-27(24)28)30(20-4-2)21-19-26-14-12-22-33-26/h5-6,8-9,11-15,22,25H,3-4,7,10,16-21,23H2,1-2H3/b6-5+,9-8+. The number of benzene rings is 1. The molecule has 0 saturated heterocycles. The van der Waals surface area contributed by atoms with Crippen LogP contribution in [0, 0.1) is 0 Å². The summed E-state index contributed by atoms with van der Waals surface area (Å²) in [6.07, 6.45) is 17.1. The maximum atomic E-state index is 12.4. The molecule has 0 radical (unpaired) electrons. The maximum absolute atomic E-state index is 12.4. The van der Waals surface area contributed by atoms with Crippen LogP contribution in [0.1, 0.15) is 68.4 Å². The topological polar surface area (TPSA) is 29.5 Å². The molecular formula is C29H39NO2S. The molecule has 0 saturated carbocycles. The number of thiophene rings is 1. The van der Waals surface area contributed by atoms with E-state index in [1.165, 1.54) is 22.4 Å². The van der Waals surface area contributed by atoms with Gasteiger partial charge in [-0.25, -0.2) is 0 Å². The molecule has 33 heavy (non-hydrogen) atoms. The fourth-order valence-electron chi connectivity index (χ4n) is 4.56. The van der Waals surface area contributed by atoms with E-state index < -0.39 is 0 Å². The number of ether oxygens (including phenoxy) is 1. The van der Waals surface area contributed by atoms with E-state index in [0.717, 1.165) is 63.8 Å². The molecule has 0 spiro atoms. The average Bonchev–Trinajstić information content (AvgIpc) is 3.35. The number of nitrogens with zero attached hydrogens (tertiary/aromatic N) is 1. The van der Waals surface area contributed by atoms with Crippen molar-refractivity contribution in [3.8, 4) is 5.75 Å². The van der Waals surface area contributed by atoms with Crippen molar-refractivity contribution in [2.24, 2.45) is 0 Å². The Hall–Kier alpha value is -2.17. The largest absolute Gasteiger partial charge is 0.426 e. The molecule has 0 aliphatic heterocycles. The summed E-state index contributed by atoms with van der Waals surface area (Å²) in [5.74, 6) is 0.634. The van der Waals surface area contributed by atoms with Gasteiger partial charge in [0.15, 0.2) is 0 Å². The van der Waals surface area contributed by atoms with Crippen LogP contribution >= 0.6 is 11.3 Å². The Balaban J connectivity index is 1.54. The van der Waals surface area contributed by atoms with Gasteiger partial charge in [0.25, 0.3) is 0 Å². The quantitative estimate of drug-likeness (QED) is 0.179. The number of esters is 1. The van der Waals surface area contributed by atoms with E-state index in [1.807, 2.05) is 23.5 Å². The Kier molecular flexibility index (Phi) is 10.9. The minimum atomic E-state index is -0.136. The summed E-state index contributed by atoms with van der Waals surface area (Å²) >= 11 is 1.85. The fraction of sp³-hybridized carbons (Fsp3) is 0.483. The second kappa shape index (κ2) is 14.2. The Morgan fingerprint density at radius 3 is 2.79 bits per heavy atom. The van der Waals surface area contributed by atoms with Crippen LogP contribution in [-0.4, -0.2) is 30.0 Å². The predicted molar refractivity (Wildman–Crippen MR) is 140 cm³/mol. The lowest BCUT2D eigenvalue weighted by molar-refractivity contribution is -0.134. The highest BCUT2D eigenvalue weighted by atomic mass is 32.1. The molecule has 1 aromatic carbocycles. The first-order chi connectivity index (χ1) is 16.2. The van der Waals surface area contributed by atoms with Crippen molar-refractivity contribution < 1.29 is 9.53 Å². The summed E-state index contributed by atoms with van der Waals surface area (Å²) in [5.41, 5.74) is 2.58. The first-order valence-corrected chi connectivity index (χ1v) is 13.5. The van der Waals surface area contributed by atoms with Gasteiger partial charge >= 0.3 is 5.97 Å². The van der Waals surface area contributed by atoms with Gasteiger partial charge < -0.3 is 4.74 Å². The van der Waals surface area contributed by atoms with Crippen LogP contribution in [0.5, 0.6) is 5.75 Å². The summed E-state index contributed by atoms with van der Waals surface area (Å²) in [7, 11) is 0. The minimum absolute atomic E-state index is 0.136. The Morgan fingerprint density at radius 2 is 2.00 bits per heavy atom. The van der Waals surface area contributed by atoms with E-state index in [2.05, 4.69) is 66.6 Å². The first kappa shape index (κ1) is 25.5. The number of carbonyl (C=O) groups is 1. The molecule has 3 rings (SSSR count). The van der Waals surface area contributed by atoms with Crippen LogP contribution in [-0.2, 0) is 24.1 Å². The van der Waals surface area contributed by atoms with Crippen LogP contribution < -0.4 is 4.74 Å². The third kappa shape index (κ3) is 8.28. The molecule has 1 heterocycles. The van der Waals surface area contributed by atoms with Gasteiger partial charge in [-0.15, -0.1) is 11.3 Å². The molecule has 1 aliphatic carbocycles. The van der Waals surface area contributed by atoms with E-state index in [9.17, 15) is 4.79 Å². The first-order valence-electron chi connectivity index (χ1n) is 12.6. The van der Waals surface area contributed by atoms with Crippen molar-refractivity contribution in [3.63, 3.8) is 0 Å². The van der Waals surface area contributed by atoms with Crippen molar-refractivity contribution >= 4 is 17.3 Å². The molecule has 0 N–H and O–H groups in total. The smallest absolute Gasteiger partial charge is 0.311 e. The van der Waals surface area contributed by atoms with Crippen molar-refractivity contribution in [2.75, 3.05) is 13.1 Å². The maximum Gasteiger partial charge on any atom is 0.311 e. The molecule has 1 unspecified atom stereocenters. The van der Waals surface area contributed by atoms with Gasteiger partial charge in [0, 0.05) is 23.9 Å². The van der Waals surface area contributed by atoms with Crippen LogP contribution in [0.25, 0.3) is 0 Å². The van der Waals surface area contributed by atoms with Gasteiger partial charge in [0.2, 0.25) is 0 Å². The van der Waals surface area contributed by atoms with Gasteiger partial charge in [-0.2, -0.15) is 0 Å². The van der Waals surface area contributed by atoms with E-state index in [4.69, 9.17) is 4.74 Å². The van der Waals surface area contributed by atoms with Crippen LogP contribution in [0.3, 0.4) is 0 Å². The molecule has 4 heteroatoms. The molecular weight excluding hydrogens is 426 g/mol. The van der Waals surface area contributed by atoms with Crippen molar-refractivity contribution in [1.82, 2.24) is 4.90 Å². The van der Waals surface area contributed by atoms with Crippen molar-refractivity contribution in [1.29, 1.82) is 0 Å². The summed E-state index contributed by atoms with van der Waals surface area (Å²) in [5, 5.41) is 2.17. The summed E-state index contributed by atoms with van der Waals surface area (Å²) < 4.78 is 5.80. The SMILES string of the molecule is CC/C=C/C/C=C/CCC(=O)Oc1cccc2c1CCC(N(CCC)CCc1cccs1)C2. The summed E-state index contributed by atoms with van der Waals surface area (Å²) in [6, 6.07) is 11.2. The monoisotopic (exact) mass is 465 g/mol. The van der Waals surface area contributed by atoms with Crippen LogP contribution in [0.4, 0.5) is 0 Å². The van der Waals surface area contributed by atoms with Gasteiger partial charge in [-0.1, -0.05) is 56.4 Å². The second-order valence-electron chi connectivity index (χ2n) is 8.76. The Bertz CT molecular complexity index is 900. The minimum Gasteiger partial charge on any atom is -0.426 e. The zero-order valence-corrected chi connectivity index (χ0v) is 21.1. The summed E-state index contributed by atoms with van der Waals surface area (Å²) in [6.45, 7) is 6.66. The van der Waals surface area contributed by atoms with Gasteiger partial charge in [-0.3, -0.25) is 9.69 Å². The highest BCUT2D eigenvalue weighted by Crippen LogP contribution is 2.32. The molecule has 1 aromatic heterocycles. The number of hydrogen-bond acceptors (Lipinski definition) is 4. The third-order valence-electron chi connectivity index (χ3n) is 6.25.